The van der Waals surface area contributed by atoms with E-state index in [9.17, 15) is 23.3 Å². The normalized spacial score (nSPS) is 11.3. The van der Waals surface area contributed by atoms with Crippen molar-refractivity contribution in [1.29, 1.82) is 0 Å². The molecule has 2 aromatic carbocycles. The molecule has 0 saturated carbocycles. The van der Waals surface area contributed by atoms with Gasteiger partial charge in [-0.3, -0.25) is 10.1 Å². The molecule has 0 atom stereocenters. The van der Waals surface area contributed by atoms with Crippen LogP contribution in [0.5, 0.6) is 0 Å². The molecule has 0 spiro atoms. The number of sulfonamides is 1. The number of nitro groups is 1. The van der Waals surface area contributed by atoms with Crippen LogP contribution in [0.25, 0.3) is 11.5 Å². The van der Waals surface area contributed by atoms with Gasteiger partial charge in [-0.05, 0) is 48.9 Å². The van der Waals surface area contributed by atoms with E-state index in [1.54, 1.807) is 19.1 Å². The molecule has 2 aromatic heterocycles. The maximum Gasteiger partial charge on any atom is 0.338 e. The van der Waals surface area contributed by atoms with Gasteiger partial charge in [0.15, 0.2) is 6.61 Å². The lowest BCUT2D eigenvalue weighted by Crippen LogP contribution is -2.23. The molecule has 4 aromatic rings. The van der Waals surface area contributed by atoms with Crippen molar-refractivity contribution in [2.45, 2.75) is 25.0 Å². The first kappa shape index (κ1) is 23.8. The fourth-order valence-electron chi connectivity index (χ4n) is 3.01. The lowest BCUT2D eigenvalue weighted by atomic mass is 10.1. The quantitative estimate of drug-likeness (QED) is 0.205. The van der Waals surface area contributed by atoms with Crippen LogP contribution in [0.15, 0.2) is 74.6 Å². The summed E-state index contributed by atoms with van der Waals surface area (Å²) in [6, 6.07) is 12.9. The number of aromatic nitrogens is 2. The molecule has 4 rings (SSSR count). The molecule has 13 heteroatoms. The summed E-state index contributed by atoms with van der Waals surface area (Å²) in [5.41, 5.74) is 0.938. The van der Waals surface area contributed by atoms with Gasteiger partial charge in [0.05, 0.1) is 28.2 Å². The molecule has 0 fully saturated rings. The Balaban J connectivity index is 1.42. The predicted molar refractivity (Wildman–Crippen MR) is 119 cm³/mol. The van der Waals surface area contributed by atoms with E-state index in [0.29, 0.717) is 16.9 Å². The highest BCUT2D eigenvalue weighted by Crippen LogP contribution is 2.22. The number of esters is 1. The Bertz CT molecular complexity index is 1460. The van der Waals surface area contributed by atoms with Crippen molar-refractivity contribution in [2.75, 3.05) is 0 Å². The van der Waals surface area contributed by atoms with Gasteiger partial charge in [-0.2, -0.15) is 0 Å². The zero-order valence-corrected chi connectivity index (χ0v) is 19.0. The lowest BCUT2D eigenvalue weighted by molar-refractivity contribution is -0.384. The minimum absolute atomic E-state index is 0.00625. The van der Waals surface area contributed by atoms with Crippen LogP contribution in [0, 0.1) is 17.0 Å². The predicted octanol–water partition coefficient (Wildman–Crippen LogP) is 3.38. The van der Waals surface area contributed by atoms with Crippen molar-refractivity contribution in [3.63, 3.8) is 0 Å². The van der Waals surface area contributed by atoms with Gasteiger partial charge < -0.3 is 13.6 Å². The van der Waals surface area contributed by atoms with Gasteiger partial charge in [-0.15, -0.1) is 10.2 Å². The van der Waals surface area contributed by atoms with Gasteiger partial charge in [0, 0.05) is 17.7 Å². The van der Waals surface area contributed by atoms with Gasteiger partial charge in [0.25, 0.3) is 11.6 Å². The van der Waals surface area contributed by atoms with E-state index in [0.717, 1.165) is 0 Å². The Morgan fingerprint density at radius 3 is 2.60 bits per heavy atom. The number of nitrogens with zero attached hydrogens (tertiary/aromatic N) is 3. The topological polar surface area (TPSA) is 168 Å². The van der Waals surface area contributed by atoms with Crippen LogP contribution in [0.4, 0.5) is 5.69 Å². The van der Waals surface area contributed by atoms with E-state index in [2.05, 4.69) is 14.9 Å². The van der Waals surface area contributed by atoms with Crippen LogP contribution in [-0.4, -0.2) is 29.5 Å². The fraction of sp³-hybridized carbons (Fsp3) is 0.136. The minimum atomic E-state index is -3.91. The number of nitro benzene ring substituents is 1. The number of hydrogen-bond donors (Lipinski definition) is 1. The monoisotopic (exact) mass is 498 g/mol. The Labute approximate surface area is 198 Å². The van der Waals surface area contributed by atoms with Gasteiger partial charge >= 0.3 is 5.97 Å². The molecule has 12 nitrogen and oxygen atoms in total. The molecule has 35 heavy (non-hydrogen) atoms. The highest BCUT2D eigenvalue weighted by Gasteiger charge is 2.20. The Morgan fingerprint density at radius 1 is 1.14 bits per heavy atom. The van der Waals surface area contributed by atoms with Gasteiger partial charge in [0.2, 0.25) is 15.9 Å². The summed E-state index contributed by atoms with van der Waals surface area (Å²) in [5, 5.41) is 18.4. The number of nitrogens with one attached hydrogen (secondary N) is 1. The standard InChI is InChI=1S/C22H18N4O8S/c1-14-4-9-18(35(30,31)23-12-17-3-2-10-32-17)11-19(14)22(27)33-13-20-24-25-21(34-20)15-5-7-16(8-6-15)26(28)29/h2-11,23H,12-13H2,1H3. The van der Waals surface area contributed by atoms with Crippen LogP contribution in [-0.2, 0) is 27.9 Å². The number of carbonyl (C=O) groups is 1. The van der Waals surface area contributed by atoms with Gasteiger partial charge in [-0.25, -0.2) is 17.9 Å². The lowest BCUT2D eigenvalue weighted by Gasteiger charge is -2.10. The van der Waals surface area contributed by atoms with Crippen LogP contribution in [0.1, 0.15) is 27.6 Å². The smallest absolute Gasteiger partial charge is 0.338 e. The van der Waals surface area contributed by atoms with E-state index < -0.39 is 20.9 Å². The molecule has 0 saturated heterocycles. The number of furan rings is 1. The third kappa shape index (κ3) is 5.59. The SMILES string of the molecule is Cc1ccc(S(=O)(=O)NCc2ccco2)cc1C(=O)OCc1nnc(-c2ccc([N+](=O)[O-])cc2)o1. The van der Waals surface area contributed by atoms with E-state index in [-0.39, 0.29) is 41.1 Å². The molecular weight excluding hydrogens is 480 g/mol. The van der Waals surface area contributed by atoms with Crippen molar-refractivity contribution < 1.29 is 31.7 Å². The summed E-state index contributed by atoms with van der Waals surface area (Å²) in [6.45, 7) is 1.24. The number of benzene rings is 2. The molecule has 0 unspecified atom stereocenters. The third-order valence-electron chi connectivity index (χ3n) is 4.87. The van der Waals surface area contributed by atoms with Crippen molar-refractivity contribution in [1.82, 2.24) is 14.9 Å². The molecule has 180 valence electrons. The van der Waals surface area contributed by atoms with Crippen molar-refractivity contribution in [3.8, 4) is 11.5 Å². The molecule has 0 aliphatic rings. The third-order valence-corrected chi connectivity index (χ3v) is 6.27. The van der Waals surface area contributed by atoms with Crippen molar-refractivity contribution >= 4 is 21.7 Å². The van der Waals surface area contributed by atoms with Crippen LogP contribution < -0.4 is 4.72 Å². The van der Waals surface area contributed by atoms with Gasteiger partial charge in [0.1, 0.15) is 5.76 Å². The second-order valence-electron chi connectivity index (χ2n) is 7.26. The maximum atomic E-state index is 12.6. The molecule has 0 aliphatic carbocycles. The average molecular weight is 498 g/mol. The molecule has 1 N–H and O–H groups in total. The maximum absolute atomic E-state index is 12.6. The zero-order chi connectivity index (χ0) is 25.0. The summed E-state index contributed by atoms with van der Waals surface area (Å²) in [7, 11) is -3.91. The van der Waals surface area contributed by atoms with Crippen LogP contribution in [0.2, 0.25) is 0 Å². The number of hydrogen-bond acceptors (Lipinski definition) is 10. The Morgan fingerprint density at radius 2 is 1.91 bits per heavy atom. The Hall–Kier alpha value is -4.36. The largest absolute Gasteiger partial charge is 0.468 e. The first-order chi connectivity index (χ1) is 16.7. The number of aryl methyl sites for hydroxylation is 1. The summed E-state index contributed by atoms with van der Waals surface area (Å²) in [4.78, 5) is 22.8. The first-order valence-electron chi connectivity index (χ1n) is 10.1. The van der Waals surface area contributed by atoms with Crippen molar-refractivity contribution in [2.24, 2.45) is 0 Å². The number of rotatable bonds is 9. The van der Waals surface area contributed by atoms with Crippen LogP contribution in [0.3, 0.4) is 0 Å². The molecule has 0 radical (unpaired) electrons. The van der Waals surface area contributed by atoms with Gasteiger partial charge in [-0.1, -0.05) is 6.07 Å². The summed E-state index contributed by atoms with van der Waals surface area (Å²) in [5.74, 6) is -0.250. The zero-order valence-electron chi connectivity index (χ0n) is 18.2. The Kier molecular flexibility index (Phi) is 6.71. The first-order valence-corrected chi connectivity index (χ1v) is 11.6. The number of carbonyl (C=O) groups excluding carboxylic acids is 1. The summed E-state index contributed by atoms with van der Waals surface area (Å²) < 4.78 is 43.4. The van der Waals surface area contributed by atoms with E-state index in [1.165, 1.54) is 48.7 Å². The molecule has 0 bridgehead atoms. The van der Waals surface area contributed by atoms with E-state index in [4.69, 9.17) is 13.6 Å². The molecule has 0 aliphatic heterocycles. The fourth-order valence-corrected chi connectivity index (χ4v) is 4.03. The second-order valence-corrected chi connectivity index (χ2v) is 9.03. The molecule has 0 amide bonds. The minimum Gasteiger partial charge on any atom is -0.468 e. The van der Waals surface area contributed by atoms with Crippen molar-refractivity contribution in [3.05, 3.63) is 93.8 Å². The molecule has 2 heterocycles. The number of ether oxygens (including phenoxy) is 1. The molecular formula is C22H18N4O8S. The highest BCUT2D eigenvalue weighted by molar-refractivity contribution is 7.89. The summed E-state index contributed by atoms with van der Waals surface area (Å²) >= 11 is 0. The average Bonchev–Trinajstić information content (AvgIpc) is 3.54. The van der Waals surface area contributed by atoms with E-state index in [1.807, 2.05) is 0 Å². The van der Waals surface area contributed by atoms with E-state index >= 15 is 0 Å². The highest BCUT2D eigenvalue weighted by atomic mass is 32.2. The second kappa shape index (κ2) is 9.87. The summed E-state index contributed by atoms with van der Waals surface area (Å²) in [6.07, 6.45) is 1.43. The van der Waals surface area contributed by atoms with Crippen LogP contribution >= 0.6 is 0 Å². The number of non-ortho nitro benzene ring substituents is 1.